The zero-order valence-electron chi connectivity index (χ0n) is 10.3. The van der Waals surface area contributed by atoms with E-state index in [2.05, 4.69) is 5.32 Å². The molecule has 1 N–H and O–H groups in total. The predicted octanol–water partition coefficient (Wildman–Crippen LogP) is 2.78. The van der Waals surface area contributed by atoms with Gasteiger partial charge in [-0.25, -0.2) is 13.2 Å². The van der Waals surface area contributed by atoms with Gasteiger partial charge in [0.25, 0.3) is 6.43 Å². The molecule has 0 spiro atoms. The number of para-hydroxylation sites is 1. The van der Waals surface area contributed by atoms with Gasteiger partial charge in [-0.3, -0.25) is 0 Å². The van der Waals surface area contributed by atoms with Crippen LogP contribution in [0.15, 0.2) is 18.2 Å². The van der Waals surface area contributed by atoms with E-state index in [1.807, 2.05) is 0 Å². The molecular formula is C13H17F3N2. The van der Waals surface area contributed by atoms with Crippen molar-refractivity contribution >= 4 is 5.69 Å². The first kappa shape index (κ1) is 13.2. The van der Waals surface area contributed by atoms with Crippen molar-refractivity contribution in [2.75, 3.05) is 18.5 Å². The Hall–Kier alpha value is -1.23. The lowest BCUT2D eigenvalue weighted by Crippen LogP contribution is -2.27. The number of nitrogens with zero attached hydrogens (tertiary/aromatic N) is 1. The van der Waals surface area contributed by atoms with Crippen LogP contribution in [0.25, 0.3) is 0 Å². The molecule has 18 heavy (non-hydrogen) atoms. The Morgan fingerprint density at radius 1 is 1.39 bits per heavy atom. The maximum atomic E-state index is 13.8. The average Bonchev–Trinajstić information content (AvgIpc) is 3.08. The molecule has 0 heterocycles. The fourth-order valence-electron chi connectivity index (χ4n) is 1.97. The minimum atomic E-state index is -2.47. The molecule has 1 aliphatic rings. The lowest BCUT2D eigenvalue weighted by Gasteiger charge is -2.23. The van der Waals surface area contributed by atoms with Gasteiger partial charge in [0, 0.05) is 19.6 Å². The van der Waals surface area contributed by atoms with Crippen LogP contribution < -0.4 is 10.2 Å². The maximum Gasteiger partial charge on any atom is 0.255 e. The number of nitrogens with one attached hydrogen (secondary N) is 1. The van der Waals surface area contributed by atoms with Crippen molar-refractivity contribution in [3.63, 3.8) is 0 Å². The van der Waals surface area contributed by atoms with Gasteiger partial charge < -0.3 is 10.2 Å². The Morgan fingerprint density at radius 2 is 2.11 bits per heavy atom. The molecule has 2 nitrogen and oxygen atoms in total. The highest BCUT2D eigenvalue weighted by Gasteiger charge is 2.22. The van der Waals surface area contributed by atoms with Gasteiger partial charge in [0.2, 0.25) is 0 Å². The third kappa shape index (κ3) is 3.38. The Labute approximate surface area is 105 Å². The third-order valence-corrected chi connectivity index (χ3v) is 3.02. The second-order valence-electron chi connectivity index (χ2n) is 4.67. The summed E-state index contributed by atoms with van der Waals surface area (Å²) in [5.74, 6) is -0.451. The van der Waals surface area contributed by atoms with Gasteiger partial charge in [0.15, 0.2) is 0 Å². The number of anilines is 1. The number of hydrogen-bond acceptors (Lipinski definition) is 2. The molecule has 5 heteroatoms. The van der Waals surface area contributed by atoms with E-state index in [4.69, 9.17) is 0 Å². The summed E-state index contributed by atoms with van der Waals surface area (Å²) in [5.41, 5.74) is 0.996. The van der Waals surface area contributed by atoms with Crippen LogP contribution in [-0.4, -0.2) is 26.1 Å². The second kappa shape index (κ2) is 5.61. The first-order valence-corrected chi connectivity index (χ1v) is 6.08. The first-order chi connectivity index (χ1) is 8.58. The largest absolute Gasteiger partial charge is 0.366 e. The topological polar surface area (TPSA) is 15.3 Å². The third-order valence-electron chi connectivity index (χ3n) is 3.02. The van der Waals surface area contributed by atoms with Crippen molar-refractivity contribution in [2.45, 2.75) is 31.9 Å². The van der Waals surface area contributed by atoms with Gasteiger partial charge in [0.05, 0.1) is 12.2 Å². The number of rotatable bonds is 6. The zero-order valence-corrected chi connectivity index (χ0v) is 10.3. The van der Waals surface area contributed by atoms with E-state index >= 15 is 0 Å². The summed E-state index contributed by atoms with van der Waals surface area (Å²) in [7, 11) is 1.49. The van der Waals surface area contributed by atoms with Crippen molar-refractivity contribution in [2.24, 2.45) is 0 Å². The monoisotopic (exact) mass is 258 g/mol. The molecule has 0 saturated heterocycles. The SMILES string of the molecule is CN(CC(F)F)c1c(F)cccc1CNC1CC1. The molecule has 1 aromatic rings. The minimum absolute atomic E-state index is 0.269. The summed E-state index contributed by atoms with van der Waals surface area (Å²) in [6.07, 6.45) is -0.200. The van der Waals surface area contributed by atoms with Crippen molar-refractivity contribution in [1.82, 2.24) is 5.32 Å². The summed E-state index contributed by atoms with van der Waals surface area (Å²) in [4.78, 5) is 1.28. The summed E-state index contributed by atoms with van der Waals surface area (Å²) in [5, 5.41) is 3.27. The van der Waals surface area contributed by atoms with Crippen LogP contribution >= 0.6 is 0 Å². The number of benzene rings is 1. The lowest BCUT2D eigenvalue weighted by atomic mass is 10.1. The fraction of sp³-hybridized carbons (Fsp3) is 0.538. The molecule has 0 amide bonds. The van der Waals surface area contributed by atoms with Crippen molar-refractivity contribution in [3.05, 3.63) is 29.6 Å². The quantitative estimate of drug-likeness (QED) is 0.844. The number of halogens is 3. The van der Waals surface area contributed by atoms with Gasteiger partial charge in [-0.2, -0.15) is 0 Å². The summed E-state index contributed by atoms with van der Waals surface area (Å²) in [6.45, 7) is 0.0582. The van der Waals surface area contributed by atoms with Crippen LogP contribution in [0, 0.1) is 5.82 Å². The molecule has 1 saturated carbocycles. The second-order valence-corrected chi connectivity index (χ2v) is 4.67. The molecule has 1 aliphatic carbocycles. The lowest BCUT2D eigenvalue weighted by molar-refractivity contribution is 0.156. The minimum Gasteiger partial charge on any atom is -0.366 e. The van der Waals surface area contributed by atoms with Crippen LogP contribution in [0.5, 0.6) is 0 Å². The molecule has 2 rings (SSSR count). The molecule has 100 valence electrons. The summed E-state index contributed by atoms with van der Waals surface area (Å²) < 4.78 is 38.5. The highest BCUT2D eigenvalue weighted by atomic mass is 19.3. The number of alkyl halides is 2. The van der Waals surface area contributed by atoms with Gasteiger partial charge >= 0.3 is 0 Å². The number of hydrogen-bond donors (Lipinski definition) is 1. The van der Waals surface area contributed by atoms with Crippen molar-refractivity contribution < 1.29 is 13.2 Å². The van der Waals surface area contributed by atoms with E-state index in [-0.39, 0.29) is 5.69 Å². The highest BCUT2D eigenvalue weighted by Crippen LogP contribution is 2.26. The molecule has 0 aromatic heterocycles. The molecule has 0 unspecified atom stereocenters. The van der Waals surface area contributed by atoms with Crippen molar-refractivity contribution in [3.8, 4) is 0 Å². The normalized spacial score (nSPS) is 15.2. The van der Waals surface area contributed by atoms with Crippen LogP contribution in [-0.2, 0) is 6.54 Å². The van der Waals surface area contributed by atoms with E-state index in [0.29, 0.717) is 12.6 Å². The molecule has 0 atom stereocenters. The van der Waals surface area contributed by atoms with Crippen LogP contribution in [0.3, 0.4) is 0 Å². The Balaban J connectivity index is 2.13. The van der Waals surface area contributed by atoms with Crippen molar-refractivity contribution in [1.29, 1.82) is 0 Å². The Morgan fingerprint density at radius 3 is 2.72 bits per heavy atom. The Bertz CT molecular complexity index is 405. The molecule has 0 bridgehead atoms. The van der Waals surface area contributed by atoms with Gasteiger partial charge in [-0.05, 0) is 24.5 Å². The molecule has 0 radical (unpaired) electrons. The molecule has 1 fully saturated rings. The van der Waals surface area contributed by atoms with Crippen LogP contribution in [0.2, 0.25) is 0 Å². The standard InChI is InChI=1S/C13H17F3N2/c1-18(8-12(15)16)13-9(3-2-4-11(13)14)7-17-10-5-6-10/h2-4,10,12,17H,5-8H2,1H3. The van der Waals surface area contributed by atoms with Crippen LogP contribution in [0.1, 0.15) is 18.4 Å². The van der Waals surface area contributed by atoms with E-state index < -0.39 is 18.8 Å². The highest BCUT2D eigenvalue weighted by molar-refractivity contribution is 5.54. The summed E-state index contributed by atoms with van der Waals surface area (Å²) in [6, 6.07) is 5.19. The molecule has 0 aliphatic heterocycles. The fourth-order valence-corrected chi connectivity index (χ4v) is 1.97. The van der Waals surface area contributed by atoms with Gasteiger partial charge in [-0.15, -0.1) is 0 Å². The van der Waals surface area contributed by atoms with E-state index in [0.717, 1.165) is 18.4 Å². The smallest absolute Gasteiger partial charge is 0.255 e. The zero-order chi connectivity index (χ0) is 13.1. The van der Waals surface area contributed by atoms with Gasteiger partial charge in [-0.1, -0.05) is 12.1 Å². The Kier molecular flexibility index (Phi) is 4.11. The van der Waals surface area contributed by atoms with E-state index in [1.54, 1.807) is 12.1 Å². The van der Waals surface area contributed by atoms with Gasteiger partial charge in [0.1, 0.15) is 5.82 Å². The first-order valence-electron chi connectivity index (χ1n) is 6.08. The predicted molar refractivity (Wildman–Crippen MR) is 65.5 cm³/mol. The molecule has 1 aromatic carbocycles. The maximum absolute atomic E-state index is 13.8. The molecular weight excluding hydrogens is 241 g/mol. The average molecular weight is 258 g/mol. The van der Waals surface area contributed by atoms with Crippen LogP contribution in [0.4, 0.5) is 18.9 Å². The van der Waals surface area contributed by atoms with E-state index in [9.17, 15) is 13.2 Å². The summed E-state index contributed by atoms with van der Waals surface area (Å²) >= 11 is 0. The van der Waals surface area contributed by atoms with E-state index in [1.165, 1.54) is 18.0 Å².